The van der Waals surface area contributed by atoms with Crippen molar-refractivity contribution in [1.82, 2.24) is 0 Å². The number of ketones is 1. The zero-order valence-electron chi connectivity index (χ0n) is 12.2. The molecular weight excluding hydrogens is 256 g/mol. The molecule has 2 aliphatic carbocycles. The summed E-state index contributed by atoms with van der Waals surface area (Å²) in [4.78, 5) is 24.1. The summed E-state index contributed by atoms with van der Waals surface area (Å²) in [6, 6.07) is 0. The van der Waals surface area contributed by atoms with Gasteiger partial charge in [0.05, 0.1) is 12.7 Å². The molecule has 0 radical (unpaired) electrons. The van der Waals surface area contributed by atoms with Gasteiger partial charge in [-0.2, -0.15) is 0 Å². The molecule has 4 heteroatoms. The molecule has 108 valence electrons. The number of hydrogen-bond acceptors (Lipinski definition) is 4. The third kappa shape index (κ3) is 1.46. The minimum Gasteiger partial charge on any atom is -0.463 e. The lowest BCUT2D eigenvalue weighted by Crippen LogP contribution is -2.35. The van der Waals surface area contributed by atoms with Crippen LogP contribution in [0.1, 0.15) is 33.6 Å². The van der Waals surface area contributed by atoms with Crippen LogP contribution in [0.5, 0.6) is 0 Å². The molecule has 0 spiro atoms. The second-order valence-electron chi connectivity index (χ2n) is 6.50. The molecule has 3 atom stereocenters. The average Bonchev–Trinajstić information content (AvgIpc) is 2.62. The molecule has 0 aromatic heterocycles. The van der Waals surface area contributed by atoms with E-state index >= 15 is 0 Å². The quantitative estimate of drug-likeness (QED) is 0.583. The Bertz CT molecular complexity index is 543. The molecule has 1 heterocycles. The number of fused-ring (bicyclic) bond motifs is 1. The molecule has 0 aromatic carbocycles. The van der Waals surface area contributed by atoms with E-state index in [2.05, 4.69) is 6.58 Å². The third-order valence-electron chi connectivity index (χ3n) is 5.26. The Labute approximate surface area is 118 Å². The summed E-state index contributed by atoms with van der Waals surface area (Å²) in [5.41, 5.74) is 0.670. The molecule has 1 saturated heterocycles. The van der Waals surface area contributed by atoms with E-state index in [4.69, 9.17) is 9.47 Å². The van der Waals surface area contributed by atoms with E-state index in [0.29, 0.717) is 19.4 Å². The summed E-state index contributed by atoms with van der Waals surface area (Å²) in [7, 11) is 0. The van der Waals surface area contributed by atoms with Gasteiger partial charge in [-0.3, -0.25) is 4.79 Å². The Hall–Kier alpha value is -1.42. The van der Waals surface area contributed by atoms with Gasteiger partial charge in [-0.05, 0) is 18.9 Å². The van der Waals surface area contributed by atoms with Crippen molar-refractivity contribution in [1.29, 1.82) is 0 Å². The normalized spacial score (nSPS) is 38.0. The smallest absolute Gasteiger partial charge is 0.339 e. The summed E-state index contributed by atoms with van der Waals surface area (Å²) >= 11 is 0. The molecular formula is C16H20O4. The number of cyclic esters (lactones) is 1. The molecule has 2 unspecified atom stereocenters. The molecule has 20 heavy (non-hydrogen) atoms. The van der Waals surface area contributed by atoms with E-state index in [9.17, 15) is 9.59 Å². The fraction of sp³-hybridized carbons (Fsp3) is 0.625. The number of hydrogen-bond donors (Lipinski definition) is 0. The monoisotopic (exact) mass is 276 g/mol. The van der Waals surface area contributed by atoms with E-state index in [-0.39, 0.29) is 29.2 Å². The number of carbonyl (C=O) groups is 2. The predicted octanol–water partition coefficient (Wildman–Crippen LogP) is 2.19. The number of rotatable bonds is 4. The van der Waals surface area contributed by atoms with Crippen LogP contribution in [-0.4, -0.2) is 30.1 Å². The fourth-order valence-corrected chi connectivity index (χ4v) is 3.74. The van der Waals surface area contributed by atoms with Gasteiger partial charge in [-0.1, -0.05) is 19.9 Å². The summed E-state index contributed by atoms with van der Waals surface area (Å²) in [6.45, 7) is 10.1. The standard InChI is InChI=1S/C16H20O4/c1-5-6-10-9(2)12(7-11(10)17)20-16-13(15(16,3)4)8-19-14(16)18/h5,12-13H,1,6-8H2,2-4H3/t12-,13?,16?/m0/s1. The number of esters is 1. The lowest BCUT2D eigenvalue weighted by Gasteiger charge is -2.22. The van der Waals surface area contributed by atoms with E-state index < -0.39 is 5.60 Å². The van der Waals surface area contributed by atoms with Crippen LogP contribution in [0.15, 0.2) is 23.8 Å². The maximum absolute atomic E-state index is 12.1. The van der Waals surface area contributed by atoms with Crippen LogP contribution in [0.2, 0.25) is 0 Å². The highest BCUT2D eigenvalue weighted by molar-refractivity contribution is 6.00. The number of ether oxygens (including phenoxy) is 2. The number of Topliss-reactive ketones (excluding diaryl/α,β-unsaturated/α-hetero) is 1. The van der Waals surface area contributed by atoms with Crippen molar-refractivity contribution in [3.05, 3.63) is 23.8 Å². The molecule has 0 aromatic rings. The van der Waals surface area contributed by atoms with Crippen molar-refractivity contribution in [2.75, 3.05) is 6.61 Å². The van der Waals surface area contributed by atoms with Crippen LogP contribution in [-0.2, 0) is 19.1 Å². The van der Waals surface area contributed by atoms with E-state index in [1.807, 2.05) is 20.8 Å². The van der Waals surface area contributed by atoms with Crippen LogP contribution < -0.4 is 0 Å². The molecule has 4 nitrogen and oxygen atoms in total. The Morgan fingerprint density at radius 2 is 2.15 bits per heavy atom. The molecule has 2 fully saturated rings. The van der Waals surface area contributed by atoms with Gasteiger partial charge < -0.3 is 9.47 Å². The van der Waals surface area contributed by atoms with Gasteiger partial charge in [0, 0.05) is 23.3 Å². The minimum atomic E-state index is -0.844. The summed E-state index contributed by atoms with van der Waals surface area (Å²) in [5, 5.41) is 0. The van der Waals surface area contributed by atoms with Crippen molar-refractivity contribution in [2.45, 2.75) is 45.3 Å². The average molecular weight is 276 g/mol. The lowest BCUT2D eigenvalue weighted by molar-refractivity contribution is -0.160. The second-order valence-corrected chi connectivity index (χ2v) is 6.50. The predicted molar refractivity (Wildman–Crippen MR) is 73.0 cm³/mol. The highest BCUT2D eigenvalue weighted by Gasteiger charge is 2.82. The largest absolute Gasteiger partial charge is 0.463 e. The summed E-state index contributed by atoms with van der Waals surface area (Å²) < 4.78 is 11.3. The van der Waals surface area contributed by atoms with Gasteiger partial charge in [0.2, 0.25) is 0 Å². The summed E-state index contributed by atoms with van der Waals surface area (Å²) in [6.07, 6.45) is 2.32. The van der Waals surface area contributed by atoms with Gasteiger partial charge in [0.25, 0.3) is 0 Å². The fourth-order valence-electron chi connectivity index (χ4n) is 3.74. The molecule has 0 bridgehead atoms. The Balaban J connectivity index is 1.85. The van der Waals surface area contributed by atoms with E-state index in [1.54, 1.807) is 6.08 Å². The van der Waals surface area contributed by atoms with E-state index in [0.717, 1.165) is 11.1 Å². The van der Waals surface area contributed by atoms with Crippen LogP contribution in [0.4, 0.5) is 0 Å². The van der Waals surface area contributed by atoms with Crippen LogP contribution in [0.3, 0.4) is 0 Å². The highest BCUT2D eigenvalue weighted by atomic mass is 16.6. The Morgan fingerprint density at radius 3 is 2.70 bits per heavy atom. The first-order chi connectivity index (χ1) is 9.36. The van der Waals surface area contributed by atoms with Crippen molar-refractivity contribution in [3.8, 4) is 0 Å². The molecule has 0 N–H and O–H groups in total. The van der Waals surface area contributed by atoms with Gasteiger partial charge in [0.1, 0.15) is 0 Å². The first-order valence-electron chi connectivity index (χ1n) is 7.05. The highest BCUT2D eigenvalue weighted by Crippen LogP contribution is 2.68. The third-order valence-corrected chi connectivity index (χ3v) is 5.26. The van der Waals surface area contributed by atoms with Crippen molar-refractivity contribution in [3.63, 3.8) is 0 Å². The molecule has 3 rings (SSSR count). The van der Waals surface area contributed by atoms with Gasteiger partial charge in [-0.15, -0.1) is 6.58 Å². The van der Waals surface area contributed by atoms with Crippen molar-refractivity contribution < 1.29 is 19.1 Å². The van der Waals surface area contributed by atoms with Gasteiger partial charge in [0.15, 0.2) is 11.4 Å². The first-order valence-corrected chi connectivity index (χ1v) is 7.05. The van der Waals surface area contributed by atoms with Crippen LogP contribution in [0, 0.1) is 11.3 Å². The molecule has 1 aliphatic heterocycles. The van der Waals surface area contributed by atoms with Crippen molar-refractivity contribution >= 4 is 11.8 Å². The number of allylic oxidation sites excluding steroid dienone is 2. The SMILES string of the molecule is C=CCC1=C(C)[C@@H](OC23C(=O)OCC2C3(C)C)CC1=O. The minimum absolute atomic E-state index is 0.102. The first kappa shape index (κ1) is 13.6. The number of carbonyl (C=O) groups excluding carboxylic acids is 2. The van der Waals surface area contributed by atoms with Crippen molar-refractivity contribution in [2.24, 2.45) is 11.3 Å². The van der Waals surface area contributed by atoms with Crippen LogP contribution >= 0.6 is 0 Å². The van der Waals surface area contributed by atoms with E-state index in [1.165, 1.54) is 0 Å². The van der Waals surface area contributed by atoms with Gasteiger partial charge in [-0.25, -0.2) is 4.79 Å². The topological polar surface area (TPSA) is 52.6 Å². The van der Waals surface area contributed by atoms with Crippen LogP contribution in [0.25, 0.3) is 0 Å². The Morgan fingerprint density at radius 1 is 1.45 bits per heavy atom. The molecule has 0 amide bonds. The Kier molecular flexibility index (Phi) is 2.74. The maximum atomic E-state index is 12.1. The zero-order valence-corrected chi connectivity index (χ0v) is 12.2. The maximum Gasteiger partial charge on any atom is 0.339 e. The van der Waals surface area contributed by atoms with Gasteiger partial charge >= 0.3 is 5.97 Å². The summed E-state index contributed by atoms with van der Waals surface area (Å²) in [5.74, 6) is -0.0658. The second kappa shape index (κ2) is 4.04. The zero-order chi connectivity index (χ0) is 14.7. The molecule has 1 saturated carbocycles. The molecule has 3 aliphatic rings. The lowest BCUT2D eigenvalue weighted by atomic mass is 10.1.